The van der Waals surface area contributed by atoms with E-state index in [1.165, 1.54) is 17.7 Å². The van der Waals surface area contributed by atoms with Gasteiger partial charge in [0.1, 0.15) is 11.2 Å². The van der Waals surface area contributed by atoms with Gasteiger partial charge in [0.2, 0.25) is 5.69 Å². The summed E-state index contributed by atoms with van der Waals surface area (Å²) in [5, 5.41) is 5.30. The fourth-order valence-electron chi connectivity index (χ4n) is 4.48. The molecule has 1 aliphatic carbocycles. The van der Waals surface area contributed by atoms with E-state index in [0.717, 1.165) is 56.3 Å². The molecule has 0 amide bonds. The predicted molar refractivity (Wildman–Crippen MR) is 145 cm³/mol. The molecule has 184 valence electrons. The molecule has 6 rings (SSSR count). The van der Waals surface area contributed by atoms with E-state index in [4.69, 9.17) is 8.83 Å². The van der Waals surface area contributed by atoms with E-state index < -0.39 is 0 Å². The van der Waals surface area contributed by atoms with Gasteiger partial charge in [-0.2, -0.15) is 0 Å². The SMILES string of the molecule is O=c1ccc2cc(NC3=C(C=[NH+]c4ccc5oc(=O)ccc5c4)CCc4ccc(Br)cc43)ccc2o1.[Cl-]. The Morgan fingerprint density at radius 3 is 2.24 bits per heavy atom. The highest BCUT2D eigenvalue weighted by Gasteiger charge is 2.20. The molecule has 2 heterocycles. The molecule has 8 heteroatoms. The summed E-state index contributed by atoms with van der Waals surface area (Å²) >= 11 is 3.62. The average molecular weight is 576 g/mol. The van der Waals surface area contributed by atoms with Crippen LogP contribution in [-0.4, -0.2) is 6.21 Å². The third kappa shape index (κ3) is 5.14. The molecule has 0 saturated heterocycles. The summed E-state index contributed by atoms with van der Waals surface area (Å²) < 4.78 is 11.5. The second-order valence-corrected chi connectivity index (χ2v) is 9.55. The van der Waals surface area contributed by atoms with Crippen LogP contribution in [0.4, 0.5) is 11.4 Å². The molecule has 0 saturated carbocycles. The second-order valence-electron chi connectivity index (χ2n) is 8.63. The Balaban J connectivity index is 0.00000280. The van der Waals surface area contributed by atoms with E-state index >= 15 is 0 Å². The first-order valence-electron chi connectivity index (χ1n) is 11.5. The number of hydrogen-bond acceptors (Lipinski definition) is 5. The number of nitrogens with one attached hydrogen (secondary N) is 2. The van der Waals surface area contributed by atoms with Crippen molar-refractivity contribution in [2.45, 2.75) is 12.8 Å². The Hall–Kier alpha value is -3.94. The number of anilines is 1. The van der Waals surface area contributed by atoms with Crippen molar-refractivity contribution in [3.8, 4) is 0 Å². The van der Waals surface area contributed by atoms with Gasteiger partial charge in [-0.15, -0.1) is 0 Å². The number of aryl methyl sites for hydroxylation is 1. The van der Waals surface area contributed by atoms with E-state index in [9.17, 15) is 9.59 Å². The number of allylic oxidation sites excluding steroid dienone is 1. The van der Waals surface area contributed by atoms with Crippen molar-refractivity contribution in [1.29, 1.82) is 0 Å². The number of fused-ring (bicyclic) bond motifs is 3. The fourth-order valence-corrected chi connectivity index (χ4v) is 4.85. The van der Waals surface area contributed by atoms with E-state index in [1.54, 1.807) is 24.3 Å². The molecule has 0 unspecified atom stereocenters. The lowest BCUT2D eigenvalue weighted by Crippen LogP contribution is -3.00. The minimum atomic E-state index is -0.365. The summed E-state index contributed by atoms with van der Waals surface area (Å²) in [5.41, 5.74) is 6.69. The number of halogens is 2. The molecule has 37 heavy (non-hydrogen) atoms. The summed E-state index contributed by atoms with van der Waals surface area (Å²) in [7, 11) is 0. The third-order valence-corrected chi connectivity index (χ3v) is 6.74. The zero-order valence-electron chi connectivity index (χ0n) is 19.4. The van der Waals surface area contributed by atoms with Crippen LogP contribution in [0.5, 0.6) is 0 Å². The van der Waals surface area contributed by atoms with Crippen LogP contribution in [0.2, 0.25) is 0 Å². The first-order valence-corrected chi connectivity index (χ1v) is 12.3. The molecule has 1 aliphatic rings. The lowest BCUT2D eigenvalue weighted by atomic mass is 9.89. The highest BCUT2D eigenvalue weighted by molar-refractivity contribution is 9.10. The molecular formula is C29H20BrClN2O4. The molecule has 2 N–H and O–H groups in total. The maximum Gasteiger partial charge on any atom is 0.336 e. The zero-order chi connectivity index (χ0) is 24.6. The van der Waals surface area contributed by atoms with Gasteiger partial charge in [0.05, 0.1) is 5.70 Å². The molecule has 0 fully saturated rings. The Kier molecular flexibility index (Phi) is 6.82. The van der Waals surface area contributed by atoms with Gasteiger partial charge in [0.25, 0.3) is 0 Å². The molecule has 2 aromatic heterocycles. The second kappa shape index (κ2) is 10.2. The van der Waals surface area contributed by atoms with Crippen molar-refractivity contribution in [2.24, 2.45) is 0 Å². The third-order valence-electron chi connectivity index (χ3n) is 6.25. The van der Waals surface area contributed by atoms with Crippen molar-refractivity contribution in [1.82, 2.24) is 0 Å². The van der Waals surface area contributed by atoms with Crippen molar-refractivity contribution >= 4 is 61.2 Å². The summed E-state index contributed by atoms with van der Waals surface area (Å²) in [4.78, 5) is 26.4. The van der Waals surface area contributed by atoms with Crippen molar-refractivity contribution in [3.05, 3.63) is 121 Å². The monoisotopic (exact) mass is 574 g/mol. The molecule has 0 atom stereocenters. The van der Waals surface area contributed by atoms with E-state index in [0.29, 0.717) is 11.2 Å². The number of hydrogen-bond donors (Lipinski definition) is 2. The largest absolute Gasteiger partial charge is 1.00 e. The smallest absolute Gasteiger partial charge is 0.336 e. The van der Waals surface area contributed by atoms with Crippen LogP contribution in [0.3, 0.4) is 0 Å². The van der Waals surface area contributed by atoms with Crippen molar-refractivity contribution in [3.63, 3.8) is 0 Å². The Morgan fingerprint density at radius 1 is 0.784 bits per heavy atom. The van der Waals surface area contributed by atoms with Gasteiger partial charge >= 0.3 is 11.3 Å². The van der Waals surface area contributed by atoms with Crippen molar-refractivity contribution in [2.75, 3.05) is 5.32 Å². The van der Waals surface area contributed by atoms with Gasteiger partial charge in [0, 0.05) is 56.3 Å². The van der Waals surface area contributed by atoms with Gasteiger partial charge in [-0.1, -0.05) is 22.0 Å². The molecular weight excluding hydrogens is 556 g/mol. The molecule has 3 aromatic carbocycles. The number of benzene rings is 3. The predicted octanol–water partition coefficient (Wildman–Crippen LogP) is 1.92. The van der Waals surface area contributed by atoms with E-state index in [1.807, 2.05) is 30.5 Å². The zero-order valence-corrected chi connectivity index (χ0v) is 21.7. The summed E-state index contributed by atoms with van der Waals surface area (Å²) in [6, 6.07) is 24.0. The molecule has 5 aromatic rings. The lowest BCUT2D eigenvalue weighted by Gasteiger charge is -2.22. The number of rotatable bonds is 4. The fraction of sp³-hybridized carbons (Fsp3) is 0.0690. The molecule has 0 radical (unpaired) electrons. The van der Waals surface area contributed by atoms with Crippen LogP contribution in [0.1, 0.15) is 17.5 Å². The normalized spacial score (nSPS) is 13.1. The maximum absolute atomic E-state index is 11.5. The van der Waals surface area contributed by atoms with Gasteiger partial charge in [-0.3, -0.25) is 0 Å². The minimum Gasteiger partial charge on any atom is -1.00 e. The summed E-state index contributed by atoms with van der Waals surface area (Å²) in [6.45, 7) is 0. The van der Waals surface area contributed by atoms with Gasteiger partial charge in [0.15, 0.2) is 6.21 Å². The van der Waals surface area contributed by atoms with E-state index in [-0.39, 0.29) is 23.7 Å². The van der Waals surface area contributed by atoms with Gasteiger partial charge in [-0.05, 0) is 66.9 Å². The molecule has 0 spiro atoms. The van der Waals surface area contributed by atoms with E-state index in [2.05, 4.69) is 44.4 Å². The highest BCUT2D eigenvalue weighted by atomic mass is 79.9. The quantitative estimate of drug-likeness (QED) is 0.253. The lowest BCUT2D eigenvalue weighted by molar-refractivity contribution is -0.347. The molecule has 6 nitrogen and oxygen atoms in total. The van der Waals surface area contributed by atoms with Crippen LogP contribution in [0.25, 0.3) is 27.6 Å². The topological polar surface area (TPSA) is 86.4 Å². The average Bonchev–Trinajstić information content (AvgIpc) is 2.88. The van der Waals surface area contributed by atoms with Crippen LogP contribution in [-0.2, 0) is 6.42 Å². The van der Waals surface area contributed by atoms with Crippen LogP contribution >= 0.6 is 15.9 Å². The minimum absolute atomic E-state index is 0. The van der Waals surface area contributed by atoms with Gasteiger partial charge < -0.3 is 26.6 Å². The summed E-state index contributed by atoms with van der Waals surface area (Å²) in [6.07, 6.45) is 3.80. The summed E-state index contributed by atoms with van der Waals surface area (Å²) in [5.74, 6) is 0. The van der Waals surface area contributed by atoms with Gasteiger partial charge in [-0.25, -0.2) is 14.6 Å². The van der Waals surface area contributed by atoms with Crippen LogP contribution in [0, 0.1) is 0 Å². The van der Waals surface area contributed by atoms with Crippen LogP contribution < -0.4 is 34.0 Å². The molecule has 0 aliphatic heterocycles. The van der Waals surface area contributed by atoms with Crippen LogP contribution in [0.15, 0.2) is 107 Å². The Morgan fingerprint density at radius 2 is 1.49 bits per heavy atom. The van der Waals surface area contributed by atoms with Crippen molar-refractivity contribution < 1.29 is 26.2 Å². The standard InChI is InChI=1S/C29H19BrN2O4.ClH/c30-21-6-3-17-1-2-20(16-31-22-7-9-25-18(13-22)4-11-27(33)35-25)29(24(17)15-21)32-23-8-10-26-19(14-23)5-12-28(34)36-26;/h3-16,32H,1-2H2;1H. The maximum atomic E-state index is 11.5. The Labute approximate surface area is 225 Å². The Bertz CT molecular complexity index is 1840. The molecule has 0 bridgehead atoms. The first kappa shape index (κ1) is 24.7. The highest BCUT2D eigenvalue weighted by Crippen LogP contribution is 2.34. The first-order chi connectivity index (χ1) is 17.5.